The predicted molar refractivity (Wildman–Crippen MR) is 123 cm³/mol. The molecule has 0 spiro atoms. The summed E-state index contributed by atoms with van der Waals surface area (Å²) in [5.74, 6) is -7.66. The van der Waals surface area contributed by atoms with Gasteiger partial charge in [-0.3, -0.25) is 0 Å². The quantitative estimate of drug-likeness (QED) is 0.129. The molecule has 0 bridgehead atoms. The Kier molecular flexibility index (Phi) is 20.7. The van der Waals surface area contributed by atoms with Crippen molar-refractivity contribution in [1.29, 1.82) is 0 Å². The van der Waals surface area contributed by atoms with E-state index < -0.39 is 45.4 Å². The fourth-order valence-electron chi connectivity index (χ4n) is 3.81. The van der Waals surface area contributed by atoms with Crippen molar-refractivity contribution in [3.63, 3.8) is 0 Å². The van der Waals surface area contributed by atoms with Crippen LogP contribution < -0.4 is 9.79 Å². The topological polar surface area (TPSA) is 63.2 Å². The number of hydrogen-bond acceptors (Lipinski definition) is 3. The molecule has 0 aliphatic rings. The van der Waals surface area contributed by atoms with E-state index in [2.05, 4.69) is 0 Å². The number of quaternary nitrogens is 2. The molecule has 0 N–H and O–H groups in total. The Hall–Kier alpha value is -0.560. The zero-order valence-corrected chi connectivity index (χ0v) is 23.5. The van der Waals surface area contributed by atoms with Gasteiger partial charge in [0.15, 0.2) is 0 Å². The van der Waals surface area contributed by atoms with Gasteiger partial charge in [-0.1, -0.05) is 0 Å². The first-order valence-corrected chi connectivity index (χ1v) is 13.8. The van der Waals surface area contributed by atoms with Gasteiger partial charge >= 0.3 is 24.7 Å². The number of alkyl halides is 8. The Bertz CT molecular complexity index is 549. The zero-order valence-electron chi connectivity index (χ0n) is 22.6. The van der Waals surface area contributed by atoms with Crippen LogP contribution in [0, 0.1) is 0 Å². The molecule has 0 fully saturated rings. The van der Waals surface area contributed by atoms with Gasteiger partial charge in [0, 0.05) is 25.7 Å². The molecule has 0 heterocycles. The van der Waals surface area contributed by atoms with Crippen molar-refractivity contribution in [3.05, 3.63) is 0 Å². The van der Waals surface area contributed by atoms with E-state index >= 15 is 0 Å². The van der Waals surface area contributed by atoms with E-state index in [-0.39, 0.29) is 12.8 Å². The first-order chi connectivity index (χ1) is 16.7. The van der Waals surface area contributed by atoms with Crippen LogP contribution in [0.1, 0.15) is 67.2 Å². The Morgan fingerprint density at radius 2 is 0.811 bits per heavy atom. The van der Waals surface area contributed by atoms with Crippen LogP contribution in [0.5, 0.6) is 0 Å². The highest BCUT2D eigenvalue weighted by atomic mass is 31.2. The van der Waals surface area contributed by atoms with E-state index in [4.69, 9.17) is 14.4 Å². The molecule has 0 aromatic carbocycles. The van der Waals surface area contributed by atoms with Crippen molar-refractivity contribution in [2.45, 2.75) is 91.9 Å². The predicted octanol–water partition coefficient (Wildman–Crippen LogP) is 5.87. The lowest BCUT2D eigenvalue weighted by Crippen LogP contribution is -2.48. The van der Waals surface area contributed by atoms with Gasteiger partial charge in [0.1, 0.15) is 7.91 Å². The van der Waals surface area contributed by atoms with Gasteiger partial charge in [0.25, 0.3) is 0 Å². The summed E-state index contributed by atoms with van der Waals surface area (Å²) in [6, 6.07) is 0. The van der Waals surface area contributed by atoms with Crippen molar-refractivity contribution in [2.75, 3.05) is 52.4 Å². The zero-order chi connectivity index (χ0) is 30.1. The second-order valence-corrected chi connectivity index (χ2v) is 9.65. The molecule has 0 aliphatic carbocycles. The van der Waals surface area contributed by atoms with Gasteiger partial charge in [-0.15, -0.1) is 0 Å². The minimum absolute atomic E-state index is 0.146. The Morgan fingerprint density at radius 1 is 0.622 bits per heavy atom. The Balaban J connectivity index is -0.000000528. The fraction of sp³-hybridized carbons (Fsp3) is 1.00. The summed E-state index contributed by atoms with van der Waals surface area (Å²) in [6.45, 7) is 18.2. The van der Waals surface area contributed by atoms with E-state index in [1.165, 1.54) is 0 Å². The molecule has 228 valence electrons. The molecule has 15 heteroatoms. The van der Waals surface area contributed by atoms with Crippen LogP contribution >= 0.6 is 7.91 Å². The van der Waals surface area contributed by atoms with Crippen LogP contribution in [0.15, 0.2) is 0 Å². The van der Waals surface area contributed by atoms with E-state index in [9.17, 15) is 39.3 Å². The maximum absolute atomic E-state index is 12.7. The molecule has 0 aromatic rings. The SMILES string of the molecule is CC[N+](CC)(CC)CCCC(F)(F)C(F)F.CC[N+](CC)(CC)CCCC(F)(F)C(F)F.O=P([O-])([O-])F. The van der Waals surface area contributed by atoms with E-state index in [1.54, 1.807) is 0 Å². The lowest BCUT2D eigenvalue weighted by molar-refractivity contribution is -0.923. The lowest BCUT2D eigenvalue weighted by Gasteiger charge is -2.36. The number of nitrogens with zero attached hydrogens (tertiary/aromatic N) is 2. The van der Waals surface area contributed by atoms with Crippen LogP contribution in [-0.2, 0) is 4.57 Å². The average molecular weight is 587 g/mol. The third kappa shape index (κ3) is 19.2. The van der Waals surface area contributed by atoms with Gasteiger partial charge in [-0.05, 0) is 41.5 Å². The first-order valence-electron chi connectivity index (χ1n) is 12.4. The fourth-order valence-corrected chi connectivity index (χ4v) is 3.81. The van der Waals surface area contributed by atoms with Gasteiger partial charge < -0.3 is 23.3 Å². The van der Waals surface area contributed by atoms with Crippen molar-refractivity contribution in [1.82, 2.24) is 0 Å². The van der Waals surface area contributed by atoms with E-state index in [0.717, 1.165) is 48.2 Å². The van der Waals surface area contributed by atoms with Gasteiger partial charge in [0.2, 0.25) is 0 Å². The number of rotatable bonds is 16. The monoisotopic (exact) mass is 586 g/mol. The highest BCUT2D eigenvalue weighted by Crippen LogP contribution is 2.29. The molecule has 0 amide bonds. The normalized spacial score (nSPS) is 13.3. The summed E-state index contributed by atoms with van der Waals surface area (Å²) < 4.78 is 118. The highest BCUT2D eigenvalue weighted by Gasteiger charge is 2.41. The van der Waals surface area contributed by atoms with E-state index in [1.807, 2.05) is 41.5 Å². The molecule has 0 rings (SSSR count). The van der Waals surface area contributed by atoms with Crippen LogP contribution in [0.3, 0.4) is 0 Å². The van der Waals surface area contributed by atoms with E-state index in [0.29, 0.717) is 13.1 Å². The van der Waals surface area contributed by atoms with Crippen molar-refractivity contribution >= 4 is 7.91 Å². The largest absolute Gasteiger partial charge is 0.786 e. The molecule has 37 heavy (non-hydrogen) atoms. The highest BCUT2D eigenvalue weighted by molar-refractivity contribution is 7.42. The second kappa shape index (κ2) is 18.7. The van der Waals surface area contributed by atoms with Gasteiger partial charge in [-0.25, -0.2) is 39.3 Å². The maximum atomic E-state index is 12.7. The summed E-state index contributed by atoms with van der Waals surface area (Å²) in [7, 11) is -5.64. The molecule has 0 aliphatic heterocycles. The van der Waals surface area contributed by atoms with Crippen molar-refractivity contribution < 1.29 is 62.6 Å². The summed E-state index contributed by atoms with van der Waals surface area (Å²) in [4.78, 5) is 16.9. The second-order valence-electron chi connectivity index (χ2n) is 8.79. The van der Waals surface area contributed by atoms with Crippen LogP contribution in [0.2, 0.25) is 0 Å². The van der Waals surface area contributed by atoms with Gasteiger partial charge in [-0.2, -0.15) is 0 Å². The molecule has 0 saturated heterocycles. The third-order valence-corrected chi connectivity index (χ3v) is 6.95. The van der Waals surface area contributed by atoms with Gasteiger partial charge in [0.05, 0.1) is 52.4 Å². The first kappa shape index (κ1) is 40.9. The molecular weight excluding hydrogens is 542 g/mol. The molecule has 0 radical (unpaired) electrons. The molecule has 0 atom stereocenters. The van der Waals surface area contributed by atoms with Crippen LogP contribution in [0.25, 0.3) is 0 Å². The molecule has 0 unspecified atom stereocenters. The summed E-state index contributed by atoms with van der Waals surface area (Å²) in [5, 5.41) is 0. The molecule has 5 nitrogen and oxygen atoms in total. The number of hydrogen-bond donors (Lipinski definition) is 0. The Labute approximate surface area is 215 Å². The number of halogens is 9. The summed E-state index contributed by atoms with van der Waals surface area (Å²) >= 11 is 0. The molecular formula is C22H44F9N2O3P. The maximum Gasteiger partial charge on any atom is 0.307 e. The minimum atomic E-state index is -5.64. The average Bonchev–Trinajstić information content (AvgIpc) is 2.79. The standard InChI is InChI=1S/2C11H22F4N.FH2O3P/c2*1-4-16(5-2,6-3)9-7-8-11(14,15)10(12)13;1-5(2,3)4/h2*10H,4-9H2,1-3H3;(H2,2,3,4)/q2*+1;/p-2. The van der Waals surface area contributed by atoms with Crippen molar-refractivity contribution in [3.8, 4) is 0 Å². The lowest BCUT2D eigenvalue weighted by atomic mass is 10.1. The summed E-state index contributed by atoms with van der Waals surface area (Å²) in [6.07, 6.45) is -8.23. The Morgan fingerprint density at radius 3 is 0.946 bits per heavy atom. The molecule has 0 aromatic heterocycles. The van der Waals surface area contributed by atoms with Crippen LogP contribution in [0.4, 0.5) is 39.3 Å². The van der Waals surface area contributed by atoms with Crippen molar-refractivity contribution in [2.24, 2.45) is 0 Å². The third-order valence-electron chi connectivity index (χ3n) is 6.95. The smallest absolute Gasteiger partial charge is 0.307 e. The summed E-state index contributed by atoms with van der Waals surface area (Å²) in [5.41, 5.74) is 0. The molecule has 0 saturated carbocycles. The van der Waals surface area contributed by atoms with Crippen LogP contribution in [-0.4, -0.2) is 86.0 Å². The minimum Gasteiger partial charge on any atom is -0.786 e.